The van der Waals surface area contributed by atoms with E-state index in [1.54, 1.807) is 0 Å². The SMILES string of the molecule is CC(C)(C)N(CCCCCO)C(=O)O. The summed E-state index contributed by atoms with van der Waals surface area (Å²) in [5.74, 6) is 0. The number of aliphatic hydroxyl groups excluding tert-OH is 1. The molecule has 0 saturated heterocycles. The lowest BCUT2D eigenvalue weighted by molar-refractivity contribution is 0.0987. The van der Waals surface area contributed by atoms with Crippen molar-refractivity contribution in [1.29, 1.82) is 0 Å². The van der Waals surface area contributed by atoms with Crippen LogP contribution in [-0.4, -0.2) is 39.9 Å². The summed E-state index contributed by atoms with van der Waals surface area (Å²) in [6.07, 6.45) is 1.56. The lowest BCUT2D eigenvalue weighted by Crippen LogP contribution is -2.45. The molecule has 0 bridgehead atoms. The maximum absolute atomic E-state index is 10.9. The van der Waals surface area contributed by atoms with Crippen LogP contribution in [0.1, 0.15) is 40.0 Å². The molecule has 4 heteroatoms. The molecule has 0 aromatic heterocycles. The largest absolute Gasteiger partial charge is 0.465 e. The van der Waals surface area contributed by atoms with Crippen LogP contribution in [0.5, 0.6) is 0 Å². The van der Waals surface area contributed by atoms with Crippen molar-refractivity contribution in [1.82, 2.24) is 4.90 Å². The highest BCUT2D eigenvalue weighted by Crippen LogP contribution is 2.14. The third-order valence-electron chi connectivity index (χ3n) is 2.08. The number of aliphatic hydroxyl groups is 1. The van der Waals surface area contributed by atoms with Crippen LogP contribution < -0.4 is 0 Å². The summed E-state index contributed by atoms with van der Waals surface area (Å²) in [7, 11) is 0. The summed E-state index contributed by atoms with van der Waals surface area (Å²) < 4.78 is 0. The normalized spacial score (nSPS) is 11.4. The molecule has 0 aliphatic heterocycles. The first-order valence-corrected chi connectivity index (χ1v) is 5.01. The van der Waals surface area contributed by atoms with Crippen molar-refractivity contribution in [3.63, 3.8) is 0 Å². The summed E-state index contributed by atoms with van der Waals surface area (Å²) >= 11 is 0. The monoisotopic (exact) mass is 203 g/mol. The molecule has 0 aromatic carbocycles. The number of hydrogen-bond donors (Lipinski definition) is 2. The van der Waals surface area contributed by atoms with Gasteiger partial charge in [0.25, 0.3) is 0 Å². The Morgan fingerprint density at radius 3 is 2.14 bits per heavy atom. The molecule has 2 N–H and O–H groups in total. The van der Waals surface area contributed by atoms with Crippen LogP contribution in [0.3, 0.4) is 0 Å². The molecule has 1 amide bonds. The van der Waals surface area contributed by atoms with Crippen molar-refractivity contribution in [2.45, 2.75) is 45.6 Å². The third-order valence-corrected chi connectivity index (χ3v) is 2.08. The minimum Gasteiger partial charge on any atom is -0.465 e. The van der Waals surface area contributed by atoms with Gasteiger partial charge in [-0.1, -0.05) is 0 Å². The maximum Gasteiger partial charge on any atom is 0.407 e. The Morgan fingerprint density at radius 1 is 1.21 bits per heavy atom. The Morgan fingerprint density at radius 2 is 1.79 bits per heavy atom. The lowest BCUT2D eigenvalue weighted by atomic mass is 10.1. The van der Waals surface area contributed by atoms with Gasteiger partial charge in [0, 0.05) is 18.7 Å². The van der Waals surface area contributed by atoms with Crippen LogP contribution in [0.2, 0.25) is 0 Å². The van der Waals surface area contributed by atoms with Gasteiger partial charge in [0.2, 0.25) is 0 Å². The van der Waals surface area contributed by atoms with Crippen LogP contribution >= 0.6 is 0 Å². The fraction of sp³-hybridized carbons (Fsp3) is 0.900. The number of hydrogen-bond acceptors (Lipinski definition) is 2. The van der Waals surface area contributed by atoms with E-state index in [0.717, 1.165) is 19.3 Å². The zero-order valence-corrected chi connectivity index (χ0v) is 9.29. The molecule has 0 spiro atoms. The van der Waals surface area contributed by atoms with E-state index in [0.29, 0.717) is 6.54 Å². The predicted molar refractivity (Wildman–Crippen MR) is 55.4 cm³/mol. The summed E-state index contributed by atoms with van der Waals surface area (Å²) in [6.45, 7) is 6.37. The van der Waals surface area contributed by atoms with Crippen LogP contribution in [0.4, 0.5) is 4.79 Å². The summed E-state index contributed by atoms with van der Waals surface area (Å²) in [5, 5.41) is 17.5. The molecule has 0 aliphatic carbocycles. The quantitative estimate of drug-likeness (QED) is 0.671. The highest BCUT2D eigenvalue weighted by molar-refractivity contribution is 5.65. The Hall–Kier alpha value is -0.770. The molecule has 4 nitrogen and oxygen atoms in total. The van der Waals surface area contributed by atoms with Crippen LogP contribution in [0.15, 0.2) is 0 Å². The van der Waals surface area contributed by atoms with E-state index in [-0.39, 0.29) is 12.1 Å². The van der Waals surface area contributed by atoms with Crippen molar-refractivity contribution in [2.24, 2.45) is 0 Å². The Balaban J connectivity index is 3.94. The van der Waals surface area contributed by atoms with Gasteiger partial charge in [-0.25, -0.2) is 4.79 Å². The van der Waals surface area contributed by atoms with Gasteiger partial charge in [-0.05, 0) is 40.0 Å². The second-order valence-corrected chi connectivity index (χ2v) is 4.39. The maximum atomic E-state index is 10.9. The van der Waals surface area contributed by atoms with Crippen LogP contribution in [0, 0.1) is 0 Å². The van der Waals surface area contributed by atoms with Gasteiger partial charge in [0.05, 0.1) is 0 Å². The van der Waals surface area contributed by atoms with Gasteiger partial charge in [-0.3, -0.25) is 0 Å². The van der Waals surface area contributed by atoms with Crippen molar-refractivity contribution >= 4 is 6.09 Å². The van der Waals surface area contributed by atoms with Crippen LogP contribution in [-0.2, 0) is 0 Å². The van der Waals surface area contributed by atoms with Gasteiger partial charge in [-0.2, -0.15) is 0 Å². The number of unbranched alkanes of at least 4 members (excludes halogenated alkanes) is 2. The number of amides is 1. The van der Waals surface area contributed by atoms with E-state index < -0.39 is 6.09 Å². The predicted octanol–water partition coefficient (Wildman–Crippen LogP) is 1.93. The number of carboxylic acid groups (broad SMARTS) is 1. The van der Waals surface area contributed by atoms with Crippen molar-refractivity contribution in [2.75, 3.05) is 13.2 Å². The number of nitrogens with zero attached hydrogens (tertiary/aromatic N) is 1. The molecule has 0 rings (SSSR count). The van der Waals surface area contributed by atoms with E-state index in [9.17, 15) is 4.79 Å². The van der Waals surface area contributed by atoms with Gasteiger partial charge < -0.3 is 15.1 Å². The molecule has 0 unspecified atom stereocenters. The molecule has 0 saturated carbocycles. The standard InChI is InChI=1S/C10H21NO3/c1-10(2,3)11(9(13)14)7-5-4-6-8-12/h12H,4-8H2,1-3H3,(H,13,14). The average molecular weight is 203 g/mol. The highest BCUT2D eigenvalue weighted by atomic mass is 16.4. The molecule has 0 radical (unpaired) electrons. The second kappa shape index (κ2) is 5.86. The fourth-order valence-electron chi connectivity index (χ4n) is 1.28. The van der Waals surface area contributed by atoms with Crippen LogP contribution in [0.25, 0.3) is 0 Å². The molecule has 0 atom stereocenters. The van der Waals surface area contributed by atoms with Gasteiger partial charge in [-0.15, -0.1) is 0 Å². The average Bonchev–Trinajstić information content (AvgIpc) is 2.01. The summed E-state index contributed by atoms with van der Waals surface area (Å²) in [5.41, 5.74) is -0.342. The molecule has 0 aliphatic rings. The lowest BCUT2D eigenvalue weighted by Gasteiger charge is -2.33. The van der Waals surface area contributed by atoms with E-state index in [1.165, 1.54) is 4.90 Å². The molecule has 0 heterocycles. The second-order valence-electron chi connectivity index (χ2n) is 4.39. The van der Waals surface area contributed by atoms with Crippen molar-refractivity contribution in [3.05, 3.63) is 0 Å². The molecule has 84 valence electrons. The summed E-state index contributed by atoms with van der Waals surface area (Å²) in [6, 6.07) is 0. The minimum atomic E-state index is -0.874. The first-order valence-electron chi connectivity index (χ1n) is 5.01. The molecular weight excluding hydrogens is 182 g/mol. The van der Waals surface area contributed by atoms with E-state index in [1.807, 2.05) is 20.8 Å². The molecular formula is C10H21NO3. The molecule has 0 fully saturated rings. The smallest absolute Gasteiger partial charge is 0.407 e. The van der Waals surface area contributed by atoms with Crippen molar-refractivity contribution in [3.8, 4) is 0 Å². The van der Waals surface area contributed by atoms with E-state index >= 15 is 0 Å². The van der Waals surface area contributed by atoms with Gasteiger partial charge >= 0.3 is 6.09 Å². The fourth-order valence-corrected chi connectivity index (χ4v) is 1.28. The Labute approximate surface area is 85.5 Å². The van der Waals surface area contributed by atoms with E-state index in [4.69, 9.17) is 10.2 Å². The Bertz CT molecular complexity index is 175. The molecule has 0 aromatic rings. The molecule has 14 heavy (non-hydrogen) atoms. The minimum absolute atomic E-state index is 0.183. The number of carbonyl (C=O) groups is 1. The first kappa shape index (κ1) is 13.2. The summed E-state index contributed by atoms with van der Waals surface area (Å²) in [4.78, 5) is 12.3. The Kier molecular flexibility index (Phi) is 5.53. The van der Waals surface area contributed by atoms with E-state index in [2.05, 4.69) is 0 Å². The zero-order valence-electron chi connectivity index (χ0n) is 9.29. The zero-order chi connectivity index (χ0) is 11.2. The van der Waals surface area contributed by atoms with Gasteiger partial charge in [0.15, 0.2) is 0 Å². The first-order chi connectivity index (χ1) is 6.39. The topological polar surface area (TPSA) is 60.8 Å². The van der Waals surface area contributed by atoms with Gasteiger partial charge in [0.1, 0.15) is 0 Å². The highest BCUT2D eigenvalue weighted by Gasteiger charge is 2.24. The third kappa shape index (κ3) is 5.07. The number of rotatable bonds is 5. The van der Waals surface area contributed by atoms with Crippen molar-refractivity contribution < 1.29 is 15.0 Å².